The molecule has 154 valence electrons. The Morgan fingerprint density at radius 2 is 1.96 bits per heavy atom. The second-order valence-corrected chi connectivity index (χ2v) is 6.01. The summed E-state index contributed by atoms with van der Waals surface area (Å²) in [5, 5.41) is 16.3. The number of aliphatic imine (C=N–C) groups is 1. The molecule has 0 amide bonds. The lowest BCUT2D eigenvalue weighted by molar-refractivity contribution is 0.223. The molecule has 8 heteroatoms. The quantitative estimate of drug-likeness (QED) is 0.293. The van der Waals surface area contributed by atoms with Gasteiger partial charge in [0.25, 0.3) is 0 Å². The van der Waals surface area contributed by atoms with E-state index in [0.717, 1.165) is 5.56 Å². The number of halogens is 2. The molecule has 2 aromatic carbocycles. The predicted octanol–water partition coefficient (Wildman–Crippen LogP) is 3.33. The minimum atomic E-state index is -0.327. The van der Waals surface area contributed by atoms with E-state index < -0.39 is 0 Å². The van der Waals surface area contributed by atoms with E-state index in [9.17, 15) is 9.50 Å². The molecule has 2 aromatic rings. The number of guanidine groups is 1. The molecule has 0 aliphatic carbocycles. The fourth-order valence-corrected chi connectivity index (χ4v) is 2.47. The zero-order valence-electron chi connectivity index (χ0n) is 16.2. The molecular weight excluding hydrogens is 476 g/mol. The van der Waals surface area contributed by atoms with Crippen LogP contribution in [0.5, 0.6) is 17.2 Å². The van der Waals surface area contributed by atoms with Crippen LogP contribution in [0.2, 0.25) is 0 Å². The third kappa shape index (κ3) is 7.79. The van der Waals surface area contributed by atoms with Crippen molar-refractivity contribution in [3.8, 4) is 17.2 Å². The Hall–Kier alpha value is -2.23. The highest BCUT2D eigenvalue weighted by molar-refractivity contribution is 14.0. The van der Waals surface area contributed by atoms with Gasteiger partial charge in [0.05, 0.1) is 13.7 Å². The number of nitrogens with one attached hydrogen (secondary N) is 2. The molecule has 0 saturated heterocycles. The fourth-order valence-electron chi connectivity index (χ4n) is 2.47. The topological polar surface area (TPSA) is 75.1 Å². The summed E-state index contributed by atoms with van der Waals surface area (Å²) in [5.41, 5.74) is 0.821. The third-order valence-corrected chi connectivity index (χ3v) is 3.89. The smallest absolute Gasteiger partial charge is 0.191 e. The molecule has 1 atom stereocenters. The third-order valence-electron chi connectivity index (χ3n) is 3.89. The number of methoxy groups -OCH3 is 1. The van der Waals surface area contributed by atoms with E-state index in [0.29, 0.717) is 37.0 Å². The summed E-state index contributed by atoms with van der Waals surface area (Å²) < 4.78 is 23.9. The zero-order chi connectivity index (χ0) is 19.6. The van der Waals surface area contributed by atoms with E-state index in [1.807, 2.05) is 19.1 Å². The second kappa shape index (κ2) is 12.3. The average Bonchev–Trinajstić information content (AvgIpc) is 2.65. The van der Waals surface area contributed by atoms with Crippen molar-refractivity contribution >= 4 is 29.9 Å². The summed E-state index contributed by atoms with van der Waals surface area (Å²) in [7, 11) is 3.24. The largest absolute Gasteiger partial charge is 0.508 e. The van der Waals surface area contributed by atoms with Crippen LogP contribution in [0.4, 0.5) is 4.39 Å². The lowest BCUT2D eigenvalue weighted by Gasteiger charge is -2.18. The van der Waals surface area contributed by atoms with Crippen LogP contribution in [-0.2, 0) is 6.42 Å². The first-order valence-corrected chi connectivity index (χ1v) is 8.74. The van der Waals surface area contributed by atoms with Crippen LogP contribution in [0.25, 0.3) is 0 Å². The zero-order valence-corrected chi connectivity index (χ0v) is 18.6. The number of hydrogen-bond acceptors (Lipinski definition) is 4. The Kier molecular flexibility index (Phi) is 10.4. The minimum absolute atomic E-state index is 0. The van der Waals surface area contributed by atoms with Gasteiger partial charge in [-0.3, -0.25) is 4.99 Å². The molecule has 0 fully saturated rings. The highest BCUT2D eigenvalue weighted by Crippen LogP contribution is 2.23. The molecule has 0 aliphatic heterocycles. The van der Waals surface area contributed by atoms with E-state index in [1.54, 1.807) is 32.4 Å². The molecule has 0 bridgehead atoms. The number of hydrogen-bond donors (Lipinski definition) is 3. The van der Waals surface area contributed by atoms with Gasteiger partial charge >= 0.3 is 0 Å². The Bertz CT molecular complexity index is 774. The fraction of sp³-hybridized carbons (Fsp3) is 0.350. The first-order chi connectivity index (χ1) is 13.0. The van der Waals surface area contributed by atoms with Gasteiger partial charge in [0.15, 0.2) is 5.96 Å². The van der Waals surface area contributed by atoms with Gasteiger partial charge in [-0.2, -0.15) is 0 Å². The molecule has 0 spiro atoms. The van der Waals surface area contributed by atoms with Crippen molar-refractivity contribution in [3.63, 3.8) is 0 Å². The number of ether oxygens (including phenoxy) is 2. The SMILES string of the molecule is CN=C(NCCc1ccc(OC)cc1O)NCC(C)Oc1cccc(F)c1.I. The highest BCUT2D eigenvalue weighted by Gasteiger charge is 2.07. The standard InChI is InChI=1S/C20H26FN3O3.HI/c1-14(27-18-6-4-5-16(21)11-18)13-24-20(22-2)23-10-9-15-7-8-17(26-3)12-19(15)25;/h4-8,11-12,14,25H,9-10,13H2,1-3H3,(H2,22,23,24);1H. The number of nitrogens with zero attached hydrogens (tertiary/aromatic N) is 1. The monoisotopic (exact) mass is 503 g/mol. The number of rotatable bonds is 8. The van der Waals surface area contributed by atoms with Gasteiger partial charge in [0.1, 0.15) is 29.2 Å². The summed E-state index contributed by atoms with van der Waals surface area (Å²) >= 11 is 0. The maximum atomic E-state index is 13.2. The average molecular weight is 503 g/mol. The van der Waals surface area contributed by atoms with E-state index in [4.69, 9.17) is 9.47 Å². The summed E-state index contributed by atoms with van der Waals surface area (Å²) in [5.74, 6) is 1.61. The van der Waals surface area contributed by atoms with Gasteiger partial charge in [0, 0.05) is 25.7 Å². The van der Waals surface area contributed by atoms with Crippen LogP contribution in [0.3, 0.4) is 0 Å². The van der Waals surface area contributed by atoms with Crippen LogP contribution < -0.4 is 20.1 Å². The molecule has 0 radical (unpaired) electrons. The second-order valence-electron chi connectivity index (χ2n) is 6.01. The van der Waals surface area contributed by atoms with Gasteiger partial charge in [-0.1, -0.05) is 12.1 Å². The Labute approximate surface area is 182 Å². The Morgan fingerprint density at radius 1 is 1.18 bits per heavy atom. The molecule has 0 aromatic heterocycles. The van der Waals surface area contributed by atoms with Crippen LogP contribution in [0, 0.1) is 5.82 Å². The van der Waals surface area contributed by atoms with Crippen molar-refractivity contribution in [2.45, 2.75) is 19.4 Å². The summed E-state index contributed by atoms with van der Waals surface area (Å²) in [6.07, 6.45) is 0.460. The lowest BCUT2D eigenvalue weighted by Crippen LogP contribution is -2.42. The van der Waals surface area contributed by atoms with Gasteiger partial charge < -0.3 is 25.2 Å². The van der Waals surface area contributed by atoms with E-state index in [-0.39, 0.29) is 41.6 Å². The molecule has 0 aliphatic rings. The minimum Gasteiger partial charge on any atom is -0.508 e. The van der Waals surface area contributed by atoms with Crippen LogP contribution >= 0.6 is 24.0 Å². The van der Waals surface area contributed by atoms with Crippen molar-refractivity contribution in [2.24, 2.45) is 4.99 Å². The summed E-state index contributed by atoms with van der Waals surface area (Å²) in [6, 6.07) is 11.3. The van der Waals surface area contributed by atoms with Crippen molar-refractivity contribution in [1.29, 1.82) is 0 Å². The predicted molar refractivity (Wildman–Crippen MR) is 120 cm³/mol. The molecule has 0 saturated carbocycles. The van der Waals surface area contributed by atoms with Crippen molar-refractivity contribution in [2.75, 3.05) is 27.2 Å². The van der Waals surface area contributed by atoms with Crippen LogP contribution in [0.15, 0.2) is 47.5 Å². The van der Waals surface area contributed by atoms with E-state index >= 15 is 0 Å². The number of benzene rings is 2. The normalized spacial score (nSPS) is 11.9. The van der Waals surface area contributed by atoms with E-state index in [1.165, 1.54) is 12.1 Å². The first kappa shape index (κ1) is 23.8. The van der Waals surface area contributed by atoms with Crippen molar-refractivity contribution in [3.05, 3.63) is 53.8 Å². The van der Waals surface area contributed by atoms with Gasteiger partial charge in [-0.05, 0) is 37.1 Å². The Balaban J connectivity index is 0.00000392. The van der Waals surface area contributed by atoms with Crippen LogP contribution in [0.1, 0.15) is 12.5 Å². The molecule has 6 nitrogen and oxygen atoms in total. The van der Waals surface area contributed by atoms with Crippen LogP contribution in [-0.4, -0.2) is 44.4 Å². The maximum Gasteiger partial charge on any atom is 0.191 e. The molecule has 0 heterocycles. The maximum absolute atomic E-state index is 13.2. The molecular formula is C20H27FIN3O3. The number of phenolic OH excluding ortho intramolecular Hbond substituents is 1. The molecule has 28 heavy (non-hydrogen) atoms. The molecule has 2 rings (SSSR count). The molecule has 3 N–H and O–H groups in total. The highest BCUT2D eigenvalue weighted by atomic mass is 127. The van der Waals surface area contributed by atoms with Gasteiger partial charge in [0.2, 0.25) is 0 Å². The molecule has 1 unspecified atom stereocenters. The van der Waals surface area contributed by atoms with Crippen molar-refractivity contribution in [1.82, 2.24) is 10.6 Å². The lowest BCUT2D eigenvalue weighted by atomic mass is 10.1. The van der Waals surface area contributed by atoms with Gasteiger partial charge in [-0.15, -0.1) is 24.0 Å². The Morgan fingerprint density at radius 3 is 2.61 bits per heavy atom. The van der Waals surface area contributed by atoms with Crippen molar-refractivity contribution < 1.29 is 19.0 Å². The first-order valence-electron chi connectivity index (χ1n) is 8.74. The summed E-state index contributed by atoms with van der Waals surface area (Å²) in [4.78, 5) is 4.16. The summed E-state index contributed by atoms with van der Waals surface area (Å²) in [6.45, 7) is 2.99. The number of aromatic hydroxyl groups is 1. The number of phenols is 1. The van der Waals surface area contributed by atoms with Gasteiger partial charge in [-0.25, -0.2) is 4.39 Å². The van der Waals surface area contributed by atoms with E-state index in [2.05, 4.69) is 15.6 Å².